The molecule has 8 rings (SSSR count). The van der Waals surface area contributed by atoms with E-state index in [1.54, 1.807) is 32.0 Å². The number of aliphatic hydroxyl groups excluding tert-OH is 1. The lowest BCUT2D eigenvalue weighted by atomic mass is 10.1. The summed E-state index contributed by atoms with van der Waals surface area (Å²) in [5.41, 5.74) is 1.76. The number of aliphatic hydroxyl groups is 1. The normalized spacial score (nSPS) is 12.9. The lowest BCUT2D eigenvalue weighted by molar-refractivity contribution is 0.282. The monoisotopic (exact) mass is 1170 g/mol. The van der Waals surface area contributed by atoms with Crippen molar-refractivity contribution in [1.82, 2.24) is 14.4 Å². The van der Waals surface area contributed by atoms with E-state index < -0.39 is 74.3 Å². The van der Waals surface area contributed by atoms with Crippen LogP contribution in [0.4, 0.5) is 33.6 Å². The number of nitrogens with zero attached hydrogens (tertiary/aromatic N) is 10. The van der Waals surface area contributed by atoms with E-state index >= 15 is 0 Å². The van der Waals surface area contributed by atoms with E-state index in [9.17, 15) is 67.4 Å². The third kappa shape index (κ3) is 12.4. The van der Waals surface area contributed by atoms with Crippen molar-refractivity contribution >= 4 is 146 Å². The van der Waals surface area contributed by atoms with Crippen LogP contribution in [0, 0.1) is 25.2 Å². The molecule has 32 heteroatoms. The van der Waals surface area contributed by atoms with Gasteiger partial charge in [-0.05, 0) is 98.0 Å². The van der Waals surface area contributed by atoms with Crippen LogP contribution < -0.4 is 4.74 Å². The quantitative estimate of drug-likeness (QED) is 0.0190. The zero-order valence-electron chi connectivity index (χ0n) is 39.0. The van der Waals surface area contributed by atoms with Gasteiger partial charge >= 0.3 is 0 Å². The number of aryl methyl sites for hydroxylation is 1. The summed E-state index contributed by atoms with van der Waals surface area (Å²) in [5.74, 6) is -1.55. The van der Waals surface area contributed by atoms with E-state index in [2.05, 4.69) is 46.7 Å². The fraction of sp³-hybridized carbons (Fsp3) is 0.205. The first-order valence-electron chi connectivity index (χ1n) is 21.6. The highest BCUT2D eigenvalue weighted by Gasteiger charge is 2.24. The average Bonchev–Trinajstić information content (AvgIpc) is 3.94. The van der Waals surface area contributed by atoms with E-state index in [0.29, 0.717) is 26.5 Å². The van der Waals surface area contributed by atoms with Crippen molar-refractivity contribution in [3.8, 4) is 17.7 Å². The molecule has 0 radical (unpaired) electrons. The summed E-state index contributed by atoms with van der Waals surface area (Å²) in [6.45, 7) is 2.25. The van der Waals surface area contributed by atoms with Gasteiger partial charge in [0.2, 0.25) is 11.0 Å². The van der Waals surface area contributed by atoms with Crippen LogP contribution >= 0.6 is 34.7 Å². The predicted octanol–water partition coefficient (Wildman–Crippen LogP) is 10.4. The highest BCUT2D eigenvalue weighted by Crippen LogP contribution is 2.44. The molecule has 0 amide bonds. The molecule has 0 unspecified atom stereocenters. The second kappa shape index (κ2) is 21.8. The number of pyridine rings is 1. The predicted molar refractivity (Wildman–Crippen MR) is 280 cm³/mol. The highest BCUT2D eigenvalue weighted by molar-refractivity contribution is 7.99. The first-order valence-corrected chi connectivity index (χ1v) is 29.9. The standard InChI is InChI=1S/C44H37ClN10O15S6/c1-22-13-33(51-53-39-23(2)29(20-46)42-47-32-16-26(45)6-8-35(32)55(42)43(39)57)36(70-9-3-11-73(58,59)60)18-30(22)49-52-34-14-25(21-56)31(19-37(34)71-10-4-12-74(61,62)63)50-54-44-48-40-38(76(67,68)69)15-24-5-7-27(75(64,65)66)17-28(24)41(40)72-44/h5-8,13-19,56-57H,3-4,9-12,21H2,1-2H3,(H,58,59,60)(H,61,62,63)(H,64,65,66)(H,67,68,69). The second-order valence-electron chi connectivity index (χ2n) is 16.4. The van der Waals surface area contributed by atoms with E-state index in [1.807, 2.05) is 0 Å². The number of thioether (sulfide) groups is 1. The Hall–Kier alpha value is -6.67. The molecule has 3 heterocycles. The molecular weight excluding hydrogens is 1140 g/mol. The van der Waals surface area contributed by atoms with Gasteiger partial charge in [0.25, 0.3) is 40.5 Å². The van der Waals surface area contributed by atoms with Crippen molar-refractivity contribution in [3.63, 3.8) is 0 Å². The fourth-order valence-corrected chi connectivity index (χ4v) is 12.0. The molecule has 0 fully saturated rings. The van der Waals surface area contributed by atoms with E-state index in [-0.39, 0.29) is 108 Å². The number of nitriles is 1. The van der Waals surface area contributed by atoms with E-state index in [1.165, 1.54) is 34.7 Å². The van der Waals surface area contributed by atoms with Crippen LogP contribution in [0.3, 0.4) is 0 Å². The molecule has 0 aliphatic heterocycles. The maximum Gasteiger partial charge on any atom is 0.296 e. The lowest BCUT2D eigenvalue weighted by Gasteiger charge is -2.12. The highest BCUT2D eigenvalue weighted by atomic mass is 35.5. The number of ether oxygens (including phenoxy) is 1. The summed E-state index contributed by atoms with van der Waals surface area (Å²) >= 11 is 8.01. The third-order valence-corrected chi connectivity index (χ3v) is 16.7. The molecule has 0 bridgehead atoms. The van der Waals surface area contributed by atoms with Crippen LogP contribution in [0.15, 0.2) is 112 Å². The Balaban J connectivity index is 1.18. The van der Waals surface area contributed by atoms with Crippen molar-refractivity contribution < 1.29 is 66.8 Å². The van der Waals surface area contributed by atoms with Crippen LogP contribution in [0.25, 0.3) is 37.7 Å². The van der Waals surface area contributed by atoms with Gasteiger partial charge in [0.15, 0.2) is 11.3 Å². The van der Waals surface area contributed by atoms with Gasteiger partial charge in [-0.3, -0.25) is 22.6 Å². The van der Waals surface area contributed by atoms with Gasteiger partial charge < -0.3 is 14.9 Å². The first kappa shape index (κ1) is 55.6. The summed E-state index contributed by atoms with van der Waals surface area (Å²) < 4.78 is 141. The summed E-state index contributed by atoms with van der Waals surface area (Å²) in [6.07, 6.45) is -0.191. The number of hydrogen-bond acceptors (Lipinski definition) is 22. The number of fused-ring (bicyclic) bond motifs is 6. The molecule has 0 saturated heterocycles. The minimum Gasteiger partial charge on any atom is -0.493 e. The minimum atomic E-state index is -4.90. The van der Waals surface area contributed by atoms with Gasteiger partial charge in [0.05, 0.1) is 62.4 Å². The Morgan fingerprint density at radius 2 is 1.47 bits per heavy atom. The zero-order valence-corrected chi connectivity index (χ0v) is 44.6. The summed E-state index contributed by atoms with van der Waals surface area (Å²) in [5, 5.41) is 58.7. The third-order valence-electron chi connectivity index (χ3n) is 11.1. The van der Waals surface area contributed by atoms with E-state index in [0.717, 1.165) is 41.3 Å². The summed E-state index contributed by atoms with van der Waals surface area (Å²) in [6, 6.07) is 17.0. The van der Waals surface area contributed by atoms with Gasteiger partial charge in [-0.15, -0.1) is 37.3 Å². The minimum absolute atomic E-state index is 0.0165. The maximum absolute atomic E-state index is 12.5. The second-order valence-corrected chi connectivity index (χ2v) is 24.9. The SMILES string of the molecule is Cc1cc(N=Nc2c(C)c(C#N)c3nc4cc(Cl)ccc4n3c2O)c(OCCCS(=O)(=O)O)cc1N=Nc1cc(CO)c(N=Nc2nc3c(S(=O)(=O)O)cc4ccc(S(=O)(=O)O)cc4c3s2)cc1SCCCS(=O)(=O)O. The molecule has 25 nitrogen and oxygen atoms in total. The Morgan fingerprint density at radius 3 is 2.16 bits per heavy atom. The van der Waals surface area contributed by atoms with Crippen molar-refractivity contribution in [2.45, 2.75) is 48.0 Å². The van der Waals surface area contributed by atoms with Gasteiger partial charge in [-0.25, -0.2) is 9.97 Å². The smallest absolute Gasteiger partial charge is 0.296 e. The van der Waals surface area contributed by atoms with Crippen LogP contribution in [-0.2, 0) is 47.1 Å². The van der Waals surface area contributed by atoms with Crippen molar-refractivity contribution in [1.29, 1.82) is 5.26 Å². The molecule has 396 valence electrons. The molecule has 0 aliphatic carbocycles. The topological polar surface area (TPSA) is 395 Å². The number of benzene rings is 5. The fourth-order valence-electron chi connectivity index (χ4n) is 7.51. The number of imidazole rings is 1. The van der Waals surface area contributed by atoms with Crippen molar-refractivity contribution in [2.24, 2.45) is 30.7 Å². The first-order chi connectivity index (χ1) is 35.7. The number of aromatic hydroxyl groups is 1. The molecule has 0 atom stereocenters. The Bertz CT molecular complexity index is 4320. The molecule has 76 heavy (non-hydrogen) atoms. The molecule has 0 aliphatic rings. The molecule has 6 N–H and O–H groups in total. The molecule has 8 aromatic rings. The largest absolute Gasteiger partial charge is 0.493 e. The number of halogens is 1. The van der Waals surface area contributed by atoms with Gasteiger partial charge in [-0.2, -0.15) is 44.0 Å². The Kier molecular flexibility index (Phi) is 15.9. The number of azo groups is 3. The Morgan fingerprint density at radius 1 is 0.776 bits per heavy atom. The zero-order chi connectivity index (χ0) is 55.1. The lowest BCUT2D eigenvalue weighted by Crippen LogP contribution is -2.08. The van der Waals surface area contributed by atoms with Crippen LogP contribution in [0.5, 0.6) is 11.6 Å². The number of aromatic nitrogens is 3. The summed E-state index contributed by atoms with van der Waals surface area (Å²) in [4.78, 5) is 7.89. The summed E-state index contributed by atoms with van der Waals surface area (Å²) in [7, 11) is -18.3. The number of hydrogen-bond donors (Lipinski definition) is 6. The molecule has 3 aromatic heterocycles. The van der Waals surface area contributed by atoms with Crippen molar-refractivity contribution in [2.75, 3.05) is 23.9 Å². The van der Waals surface area contributed by atoms with Gasteiger partial charge in [0, 0.05) is 32.5 Å². The molecule has 5 aromatic carbocycles. The van der Waals surface area contributed by atoms with Crippen LogP contribution in [0.1, 0.15) is 35.1 Å². The van der Waals surface area contributed by atoms with Gasteiger partial charge in [0.1, 0.15) is 33.5 Å². The number of thiazole rings is 1. The maximum atomic E-state index is 12.5. The van der Waals surface area contributed by atoms with Crippen LogP contribution in [-0.4, -0.2) is 100 Å². The number of rotatable bonds is 19. The van der Waals surface area contributed by atoms with E-state index in [4.69, 9.17) is 16.3 Å². The molecular formula is C44H37ClN10O15S6. The average molecular weight is 1170 g/mol. The van der Waals surface area contributed by atoms with Gasteiger partial charge in [-0.1, -0.05) is 29.0 Å². The van der Waals surface area contributed by atoms with Crippen molar-refractivity contribution in [3.05, 3.63) is 94.0 Å². The Labute approximate surface area is 444 Å². The van der Waals surface area contributed by atoms with Crippen LogP contribution in [0.2, 0.25) is 5.02 Å². The molecule has 0 spiro atoms. The molecule has 0 saturated carbocycles.